The molecule has 1 rings (SSSR count). The van der Waals surface area contributed by atoms with E-state index in [1.165, 1.54) is 18.2 Å². The third-order valence-electron chi connectivity index (χ3n) is 1.39. The summed E-state index contributed by atoms with van der Waals surface area (Å²) in [5.74, 6) is 0. The molecule has 0 amide bonds. The summed E-state index contributed by atoms with van der Waals surface area (Å²) in [6.45, 7) is 0. The number of rotatable bonds is 2. The van der Waals surface area contributed by atoms with Crippen LogP contribution in [-0.4, -0.2) is 9.82 Å². The van der Waals surface area contributed by atoms with Gasteiger partial charge in [-0.15, -0.1) is 12.2 Å². The van der Waals surface area contributed by atoms with Crippen molar-refractivity contribution in [2.75, 3.05) is 0 Å². The monoisotopic (exact) mass is 235 g/mol. The van der Waals surface area contributed by atoms with E-state index in [4.69, 9.17) is 0 Å². The zero-order valence-electron chi connectivity index (χ0n) is 6.32. The van der Waals surface area contributed by atoms with Crippen molar-refractivity contribution < 1.29 is 9.82 Å². The standard InChI is InChI=1S/C6H6NO3PS2/c8-7(9)5-3-1-2-4-6(5)11(10,12)13/h1-4H,(H2,10,12,13). The van der Waals surface area contributed by atoms with E-state index < -0.39 is 10.4 Å². The largest absolute Gasteiger partial charge is 0.354 e. The van der Waals surface area contributed by atoms with E-state index in [0.717, 1.165) is 0 Å². The molecule has 0 aliphatic heterocycles. The molecule has 0 saturated heterocycles. The van der Waals surface area contributed by atoms with Gasteiger partial charge in [0.15, 0.2) is 0 Å². The fourth-order valence-corrected chi connectivity index (χ4v) is 2.57. The molecule has 0 aliphatic rings. The van der Waals surface area contributed by atoms with Gasteiger partial charge >= 0.3 is 0 Å². The number of thiol groups is 1. The number of nitro groups is 1. The van der Waals surface area contributed by atoms with E-state index in [2.05, 4.69) is 24.1 Å². The highest BCUT2D eigenvalue weighted by molar-refractivity contribution is 8.63. The minimum Gasteiger partial charge on any atom is -0.354 e. The summed E-state index contributed by atoms with van der Waals surface area (Å²) in [6, 6.07) is 5.81. The molecule has 4 nitrogen and oxygen atoms in total. The van der Waals surface area contributed by atoms with Crippen molar-refractivity contribution in [1.29, 1.82) is 0 Å². The van der Waals surface area contributed by atoms with Crippen molar-refractivity contribution in [3.8, 4) is 0 Å². The maximum absolute atomic E-state index is 10.5. The highest BCUT2D eigenvalue weighted by Gasteiger charge is 2.21. The molecule has 1 unspecified atom stereocenters. The molecule has 0 aromatic heterocycles. The molecule has 0 aliphatic carbocycles. The molecule has 70 valence electrons. The van der Waals surface area contributed by atoms with Crippen LogP contribution >= 0.6 is 17.7 Å². The lowest BCUT2D eigenvalue weighted by Crippen LogP contribution is -2.07. The van der Waals surface area contributed by atoms with Crippen molar-refractivity contribution in [3.05, 3.63) is 34.4 Å². The summed E-state index contributed by atoms with van der Waals surface area (Å²) in [7, 11) is 0. The number of para-hydroxylation sites is 1. The second kappa shape index (κ2) is 3.75. The van der Waals surface area contributed by atoms with Crippen molar-refractivity contribution >= 4 is 40.5 Å². The summed E-state index contributed by atoms with van der Waals surface area (Å²) < 4.78 is 0. The molecule has 1 aromatic rings. The van der Waals surface area contributed by atoms with Crippen molar-refractivity contribution in [2.24, 2.45) is 0 Å². The lowest BCUT2D eigenvalue weighted by molar-refractivity contribution is -0.383. The quantitative estimate of drug-likeness (QED) is 0.352. The SMILES string of the molecule is O=[N+]([O-])c1ccccc1P(O)(=S)S. The smallest absolute Gasteiger partial charge is 0.280 e. The fourth-order valence-electron chi connectivity index (χ4n) is 0.865. The maximum Gasteiger partial charge on any atom is 0.280 e. The van der Waals surface area contributed by atoms with Gasteiger partial charge in [0.05, 0.1) is 10.2 Å². The Hall–Kier alpha value is -0.420. The van der Waals surface area contributed by atoms with Gasteiger partial charge in [0, 0.05) is 6.07 Å². The zero-order chi connectivity index (χ0) is 10.1. The van der Waals surface area contributed by atoms with Crippen LogP contribution < -0.4 is 5.30 Å². The third-order valence-corrected chi connectivity index (χ3v) is 3.63. The molecule has 0 radical (unpaired) electrons. The molecular weight excluding hydrogens is 229 g/mol. The van der Waals surface area contributed by atoms with E-state index in [1.54, 1.807) is 6.07 Å². The highest BCUT2D eigenvalue weighted by Crippen LogP contribution is 2.46. The Balaban J connectivity index is 3.37. The summed E-state index contributed by atoms with van der Waals surface area (Å²) in [5, 5.41) is 10.6. The van der Waals surface area contributed by atoms with Gasteiger partial charge in [-0.1, -0.05) is 23.9 Å². The van der Waals surface area contributed by atoms with E-state index in [1.807, 2.05) is 0 Å². The first-order chi connectivity index (χ1) is 5.93. The Labute approximate surface area is 85.0 Å². The lowest BCUT2D eigenvalue weighted by Gasteiger charge is -2.07. The van der Waals surface area contributed by atoms with Crippen LogP contribution in [-0.2, 0) is 11.8 Å². The van der Waals surface area contributed by atoms with E-state index >= 15 is 0 Å². The van der Waals surface area contributed by atoms with Crippen LogP contribution in [0.15, 0.2) is 24.3 Å². The lowest BCUT2D eigenvalue weighted by atomic mass is 10.3. The molecule has 0 heterocycles. The van der Waals surface area contributed by atoms with E-state index in [0.29, 0.717) is 0 Å². The first-order valence-electron chi connectivity index (χ1n) is 3.22. The second-order valence-electron chi connectivity index (χ2n) is 2.29. The van der Waals surface area contributed by atoms with Crippen molar-refractivity contribution in [1.82, 2.24) is 0 Å². The fraction of sp³-hybridized carbons (Fsp3) is 0. The first kappa shape index (κ1) is 10.7. The second-order valence-corrected chi connectivity index (χ2v) is 7.99. The minimum atomic E-state index is -3.02. The Morgan fingerprint density at radius 1 is 1.54 bits per heavy atom. The van der Waals surface area contributed by atoms with Crippen LogP contribution in [0.1, 0.15) is 0 Å². The molecular formula is C6H6NO3PS2. The number of hydrogen-bond acceptors (Lipinski definition) is 3. The molecule has 1 atom stereocenters. The average Bonchev–Trinajstić information content (AvgIpc) is 2.03. The van der Waals surface area contributed by atoms with Crippen LogP contribution in [0.5, 0.6) is 0 Å². The predicted octanol–water partition coefficient (Wildman–Crippen LogP) is 1.45. The van der Waals surface area contributed by atoms with Gasteiger partial charge in [-0.05, 0) is 6.07 Å². The molecule has 1 aromatic carbocycles. The highest BCUT2D eigenvalue weighted by atomic mass is 32.9. The summed E-state index contributed by atoms with van der Waals surface area (Å²) in [5.41, 5.74) is -3.20. The molecule has 0 bridgehead atoms. The van der Waals surface area contributed by atoms with Crippen LogP contribution in [0.2, 0.25) is 0 Å². The summed E-state index contributed by atoms with van der Waals surface area (Å²) in [6.07, 6.45) is 0. The molecule has 0 spiro atoms. The van der Waals surface area contributed by atoms with Crippen LogP contribution in [0.3, 0.4) is 0 Å². The number of hydrogen-bond donors (Lipinski definition) is 2. The molecule has 7 heteroatoms. The van der Waals surface area contributed by atoms with Gasteiger partial charge in [-0.25, -0.2) is 0 Å². The van der Waals surface area contributed by atoms with E-state index in [-0.39, 0.29) is 11.0 Å². The van der Waals surface area contributed by atoms with Gasteiger partial charge in [0.2, 0.25) is 0 Å². The molecule has 13 heavy (non-hydrogen) atoms. The van der Waals surface area contributed by atoms with Gasteiger partial charge in [-0.2, -0.15) is 0 Å². The number of nitro benzene ring substituents is 1. The summed E-state index contributed by atoms with van der Waals surface area (Å²) >= 11 is 8.47. The van der Waals surface area contributed by atoms with Crippen LogP contribution in [0.4, 0.5) is 5.69 Å². The number of benzene rings is 1. The molecule has 1 N–H and O–H groups in total. The van der Waals surface area contributed by atoms with Crippen LogP contribution in [0, 0.1) is 10.1 Å². The Morgan fingerprint density at radius 3 is 2.46 bits per heavy atom. The van der Waals surface area contributed by atoms with Crippen molar-refractivity contribution in [3.63, 3.8) is 0 Å². The van der Waals surface area contributed by atoms with Gasteiger partial charge in [0.1, 0.15) is 5.47 Å². The third kappa shape index (κ3) is 2.51. The number of nitrogens with zero attached hydrogens (tertiary/aromatic N) is 1. The Kier molecular flexibility index (Phi) is 3.08. The normalized spacial score (nSPS) is 14.9. The van der Waals surface area contributed by atoms with E-state index in [9.17, 15) is 15.0 Å². The van der Waals surface area contributed by atoms with Gasteiger partial charge < -0.3 is 4.89 Å². The molecule has 0 saturated carbocycles. The maximum atomic E-state index is 10.5. The predicted molar refractivity (Wildman–Crippen MR) is 58.2 cm³/mol. The van der Waals surface area contributed by atoms with Crippen molar-refractivity contribution in [2.45, 2.75) is 0 Å². The van der Waals surface area contributed by atoms with Gasteiger partial charge in [0.25, 0.3) is 5.69 Å². The molecule has 0 fully saturated rings. The first-order valence-corrected chi connectivity index (χ1v) is 7.13. The average molecular weight is 235 g/mol. The zero-order valence-corrected chi connectivity index (χ0v) is 8.93. The topological polar surface area (TPSA) is 63.4 Å². The van der Waals surface area contributed by atoms with Gasteiger partial charge in [-0.3, -0.25) is 10.1 Å². The Morgan fingerprint density at radius 2 is 2.08 bits per heavy atom. The summed E-state index contributed by atoms with van der Waals surface area (Å²) in [4.78, 5) is 19.3. The Bertz CT molecular complexity index is 389. The minimum absolute atomic E-state index is 0.123. The van der Waals surface area contributed by atoms with Crippen LogP contribution in [0.25, 0.3) is 0 Å².